The first-order valence-corrected chi connectivity index (χ1v) is 8.67. The smallest absolute Gasteiger partial charge is 0.233 e. The van der Waals surface area contributed by atoms with Crippen molar-refractivity contribution in [3.63, 3.8) is 0 Å². The molecule has 0 radical (unpaired) electrons. The molecular weight excluding hydrogens is 341 g/mol. The Labute approximate surface area is 152 Å². The number of amidine groups is 1. The quantitative estimate of drug-likeness (QED) is 0.361. The minimum Gasteiger partial charge on any atom is -0.491 e. The monoisotopic (exact) mass is 367 g/mol. The fourth-order valence-corrected chi connectivity index (χ4v) is 2.88. The van der Waals surface area contributed by atoms with Crippen LogP contribution in [-0.2, 0) is 16.1 Å². The van der Waals surface area contributed by atoms with E-state index in [4.69, 9.17) is 20.4 Å². The molecule has 2 heterocycles. The lowest BCUT2D eigenvalue weighted by Gasteiger charge is -2.41. The second-order valence-electron chi connectivity index (χ2n) is 6.57. The third kappa shape index (κ3) is 3.60. The van der Waals surface area contributed by atoms with Gasteiger partial charge in [0.1, 0.15) is 18.2 Å². The normalized spacial score (nSPS) is 21.3. The van der Waals surface area contributed by atoms with Crippen molar-refractivity contribution in [3.8, 4) is 5.75 Å². The van der Waals surface area contributed by atoms with Crippen LogP contribution in [0.3, 0.4) is 0 Å². The third-order valence-electron chi connectivity index (χ3n) is 4.52. The van der Waals surface area contributed by atoms with Crippen molar-refractivity contribution in [3.05, 3.63) is 29.1 Å². The molecule has 1 fully saturated rings. The molecule has 2 aliphatic rings. The molecule has 144 valence electrons. The van der Waals surface area contributed by atoms with E-state index in [9.17, 15) is 9.18 Å². The molecular formula is C18H26FN3O4. The standard InChI is InChI=1S/C16H20FN3O4.C2H6/c1-9-6-24-13-4-10(14(18)19-22)3-12(17)11(13)5-20(9)15(21)16(2)7-23-8-16;1-2/h3-4,9,22H,5-8H2,1-2H3,(H2,18,19);1-2H3. The van der Waals surface area contributed by atoms with Crippen LogP contribution in [0.4, 0.5) is 4.39 Å². The molecule has 7 nitrogen and oxygen atoms in total. The maximum Gasteiger partial charge on any atom is 0.233 e. The zero-order valence-electron chi connectivity index (χ0n) is 15.6. The zero-order chi connectivity index (χ0) is 19.5. The Bertz CT molecular complexity index is 704. The Morgan fingerprint density at radius 2 is 2.08 bits per heavy atom. The number of halogens is 1. The summed E-state index contributed by atoms with van der Waals surface area (Å²) < 4.78 is 25.4. The maximum atomic E-state index is 14.5. The van der Waals surface area contributed by atoms with Crippen molar-refractivity contribution >= 4 is 11.7 Å². The molecule has 0 spiro atoms. The summed E-state index contributed by atoms with van der Waals surface area (Å²) >= 11 is 0. The molecule has 8 heteroatoms. The second-order valence-corrected chi connectivity index (χ2v) is 6.57. The number of nitrogens with two attached hydrogens (primary N) is 1. The van der Waals surface area contributed by atoms with Gasteiger partial charge in [0.05, 0.1) is 31.2 Å². The predicted molar refractivity (Wildman–Crippen MR) is 94.7 cm³/mol. The van der Waals surface area contributed by atoms with E-state index in [0.29, 0.717) is 19.0 Å². The van der Waals surface area contributed by atoms with Crippen LogP contribution in [0.1, 0.15) is 38.8 Å². The summed E-state index contributed by atoms with van der Waals surface area (Å²) in [5, 5.41) is 11.6. The van der Waals surface area contributed by atoms with E-state index in [-0.39, 0.29) is 42.1 Å². The zero-order valence-corrected chi connectivity index (χ0v) is 15.6. The van der Waals surface area contributed by atoms with E-state index >= 15 is 0 Å². The fraction of sp³-hybridized carbons (Fsp3) is 0.556. The van der Waals surface area contributed by atoms with Crippen LogP contribution < -0.4 is 10.5 Å². The van der Waals surface area contributed by atoms with Crippen LogP contribution in [0.5, 0.6) is 5.75 Å². The second kappa shape index (κ2) is 7.90. The summed E-state index contributed by atoms with van der Waals surface area (Å²) in [7, 11) is 0. The number of rotatable bonds is 2. The Morgan fingerprint density at radius 1 is 1.42 bits per heavy atom. The number of carbonyl (C=O) groups is 1. The highest BCUT2D eigenvalue weighted by molar-refractivity contribution is 5.97. The average molecular weight is 367 g/mol. The molecule has 0 aliphatic carbocycles. The summed E-state index contributed by atoms with van der Waals surface area (Å²) in [5.41, 5.74) is 5.46. The highest BCUT2D eigenvalue weighted by atomic mass is 19.1. The maximum absolute atomic E-state index is 14.5. The molecule has 1 saturated heterocycles. The van der Waals surface area contributed by atoms with E-state index in [1.165, 1.54) is 12.1 Å². The number of ether oxygens (including phenoxy) is 2. The van der Waals surface area contributed by atoms with E-state index < -0.39 is 11.2 Å². The van der Waals surface area contributed by atoms with Crippen LogP contribution in [0.25, 0.3) is 0 Å². The predicted octanol–water partition coefficient (Wildman–Crippen LogP) is 2.09. The van der Waals surface area contributed by atoms with Gasteiger partial charge in [0.15, 0.2) is 5.84 Å². The lowest BCUT2D eigenvalue weighted by Crippen LogP contribution is -2.55. The minimum absolute atomic E-state index is 0.0717. The van der Waals surface area contributed by atoms with Gasteiger partial charge in [-0.15, -0.1) is 0 Å². The van der Waals surface area contributed by atoms with Crippen molar-refractivity contribution in [2.24, 2.45) is 16.3 Å². The molecule has 1 amide bonds. The minimum atomic E-state index is -0.566. The number of hydrogen-bond donors (Lipinski definition) is 2. The van der Waals surface area contributed by atoms with E-state index in [1.807, 2.05) is 27.7 Å². The van der Waals surface area contributed by atoms with Crippen molar-refractivity contribution in [1.82, 2.24) is 4.90 Å². The Kier molecular flexibility index (Phi) is 6.07. The van der Waals surface area contributed by atoms with Gasteiger partial charge in [0.2, 0.25) is 5.91 Å². The van der Waals surface area contributed by atoms with Crippen molar-refractivity contribution in [1.29, 1.82) is 0 Å². The van der Waals surface area contributed by atoms with Crippen LogP contribution in [0.2, 0.25) is 0 Å². The van der Waals surface area contributed by atoms with E-state index in [2.05, 4.69) is 5.16 Å². The van der Waals surface area contributed by atoms with Crippen molar-refractivity contribution < 1.29 is 23.9 Å². The van der Waals surface area contributed by atoms with Crippen molar-refractivity contribution in [2.45, 2.75) is 40.3 Å². The number of fused-ring (bicyclic) bond motifs is 1. The van der Waals surface area contributed by atoms with Gasteiger partial charge in [-0.25, -0.2) is 4.39 Å². The highest BCUT2D eigenvalue weighted by Crippen LogP contribution is 2.34. The summed E-state index contributed by atoms with van der Waals surface area (Å²) in [4.78, 5) is 14.4. The van der Waals surface area contributed by atoms with E-state index in [1.54, 1.807) is 4.90 Å². The Hall–Kier alpha value is -2.35. The van der Waals surface area contributed by atoms with Crippen molar-refractivity contribution in [2.75, 3.05) is 19.8 Å². The van der Waals surface area contributed by atoms with Gasteiger partial charge in [-0.3, -0.25) is 4.79 Å². The largest absolute Gasteiger partial charge is 0.491 e. The van der Waals surface area contributed by atoms with Crippen LogP contribution >= 0.6 is 0 Å². The molecule has 0 saturated carbocycles. The number of carbonyl (C=O) groups excluding carboxylic acids is 1. The molecule has 0 bridgehead atoms. The first kappa shape index (κ1) is 20.0. The van der Waals surface area contributed by atoms with Crippen LogP contribution in [0.15, 0.2) is 17.3 Å². The lowest BCUT2D eigenvalue weighted by molar-refractivity contribution is -0.171. The molecule has 26 heavy (non-hydrogen) atoms. The summed E-state index contributed by atoms with van der Waals surface area (Å²) in [5.74, 6) is -0.535. The lowest BCUT2D eigenvalue weighted by atomic mass is 9.86. The molecule has 1 unspecified atom stereocenters. The van der Waals surface area contributed by atoms with Gasteiger partial charge < -0.3 is 25.3 Å². The van der Waals surface area contributed by atoms with Gasteiger partial charge in [0.25, 0.3) is 0 Å². The Morgan fingerprint density at radius 3 is 2.62 bits per heavy atom. The molecule has 1 atom stereocenters. The first-order chi connectivity index (χ1) is 12.4. The average Bonchev–Trinajstić information content (AvgIpc) is 2.79. The molecule has 3 N–H and O–H groups in total. The van der Waals surface area contributed by atoms with Crippen LogP contribution in [0, 0.1) is 11.2 Å². The third-order valence-corrected chi connectivity index (χ3v) is 4.52. The molecule has 0 aromatic heterocycles. The SMILES string of the molecule is CC.CC1COc2cc(/C(N)=N/O)cc(F)c2CN1C(=O)C1(C)COC1. The molecule has 1 aromatic carbocycles. The topological polar surface area (TPSA) is 97.4 Å². The summed E-state index contributed by atoms with van der Waals surface area (Å²) in [6.45, 7) is 8.77. The van der Waals surface area contributed by atoms with E-state index in [0.717, 1.165) is 0 Å². The fourth-order valence-electron chi connectivity index (χ4n) is 2.88. The van der Waals surface area contributed by atoms with Gasteiger partial charge in [-0.1, -0.05) is 19.0 Å². The van der Waals surface area contributed by atoms with Gasteiger partial charge >= 0.3 is 0 Å². The number of oxime groups is 1. The molecule has 3 rings (SSSR count). The molecule has 1 aromatic rings. The summed E-state index contributed by atoms with van der Waals surface area (Å²) in [6.07, 6.45) is 0. The highest BCUT2D eigenvalue weighted by Gasteiger charge is 2.45. The Balaban J connectivity index is 0.00000117. The number of nitrogens with zero attached hydrogens (tertiary/aromatic N) is 2. The number of hydrogen-bond acceptors (Lipinski definition) is 5. The number of amides is 1. The van der Waals surface area contributed by atoms with Gasteiger partial charge in [-0.2, -0.15) is 0 Å². The number of benzene rings is 1. The summed E-state index contributed by atoms with van der Waals surface area (Å²) in [6, 6.07) is 2.47. The van der Waals surface area contributed by atoms with Crippen LogP contribution in [-0.4, -0.2) is 47.7 Å². The van der Waals surface area contributed by atoms with Gasteiger partial charge in [-0.05, 0) is 26.0 Å². The molecule has 2 aliphatic heterocycles. The first-order valence-electron chi connectivity index (χ1n) is 8.67. The van der Waals surface area contributed by atoms with Gasteiger partial charge in [0, 0.05) is 11.1 Å².